The van der Waals surface area contributed by atoms with Crippen molar-refractivity contribution in [3.05, 3.63) is 35.0 Å². The molecule has 0 aliphatic rings. The van der Waals surface area contributed by atoms with Gasteiger partial charge in [0.1, 0.15) is 12.8 Å². The van der Waals surface area contributed by atoms with Gasteiger partial charge in [0.15, 0.2) is 6.21 Å². The van der Waals surface area contributed by atoms with E-state index >= 15 is 0 Å². The number of rotatable bonds is 3. The second-order valence-electron chi connectivity index (χ2n) is 2.78. The number of hydroxylamine groups is 1. The summed E-state index contributed by atoms with van der Waals surface area (Å²) in [5, 5.41) is 10.6. The molecule has 0 unspecified atom stereocenters. The Morgan fingerprint density at radius 1 is 1.38 bits per heavy atom. The van der Waals surface area contributed by atoms with Gasteiger partial charge in [-0.05, 0) is 17.7 Å². The number of ether oxygens (including phenoxy) is 1. The molecule has 0 aliphatic heterocycles. The smallest absolute Gasteiger partial charge is 0.155 e. The number of nitrogens with zero attached hydrogens (tertiary/aromatic N) is 1. The molecule has 3 heteroatoms. The fourth-order valence-corrected chi connectivity index (χ4v) is 0.996. The molecule has 0 fully saturated rings. The number of hydrogen-bond acceptors (Lipinski definition) is 2. The van der Waals surface area contributed by atoms with Crippen molar-refractivity contribution < 1.29 is 9.48 Å². The van der Waals surface area contributed by atoms with Crippen molar-refractivity contribution in [2.75, 3.05) is 14.2 Å². The summed E-state index contributed by atoms with van der Waals surface area (Å²) < 4.78 is 5.82. The molecule has 3 nitrogen and oxygen atoms in total. The Kier molecular flexibility index (Phi) is 3.31. The number of benzene rings is 1. The van der Waals surface area contributed by atoms with E-state index in [1.54, 1.807) is 13.3 Å². The molecule has 0 aliphatic carbocycles. The van der Waals surface area contributed by atoms with Crippen LogP contribution in [0.3, 0.4) is 0 Å². The summed E-state index contributed by atoms with van der Waals surface area (Å²) in [6.45, 7) is 0. The summed E-state index contributed by atoms with van der Waals surface area (Å²) in [5.74, 6) is 0.833. The molecule has 0 bridgehead atoms. The highest BCUT2D eigenvalue weighted by atomic mass is 16.5. The lowest BCUT2D eigenvalue weighted by atomic mass is 10.1. The van der Waals surface area contributed by atoms with Crippen LogP contribution in [0.1, 0.15) is 5.56 Å². The van der Waals surface area contributed by atoms with E-state index in [1.165, 1.54) is 7.05 Å². The van der Waals surface area contributed by atoms with Crippen LogP contribution in [-0.2, 0) is 6.42 Å². The highest BCUT2D eigenvalue weighted by Gasteiger charge is 1.93. The lowest BCUT2D eigenvalue weighted by Gasteiger charge is -2.00. The molecule has 13 heavy (non-hydrogen) atoms. The topological polar surface area (TPSA) is 35.3 Å². The van der Waals surface area contributed by atoms with Crippen LogP contribution < -0.4 is 4.74 Å². The summed E-state index contributed by atoms with van der Waals surface area (Å²) in [4.78, 5) is 0. The zero-order valence-corrected chi connectivity index (χ0v) is 7.86. The van der Waals surface area contributed by atoms with Crippen LogP contribution in [0.5, 0.6) is 5.75 Å². The van der Waals surface area contributed by atoms with Crippen molar-refractivity contribution in [3.63, 3.8) is 0 Å². The van der Waals surface area contributed by atoms with Crippen LogP contribution in [0, 0.1) is 5.21 Å². The fraction of sp³-hybridized carbons (Fsp3) is 0.300. The van der Waals surface area contributed by atoms with Gasteiger partial charge in [-0.1, -0.05) is 12.1 Å². The Morgan fingerprint density at radius 2 is 2.00 bits per heavy atom. The molecule has 70 valence electrons. The first kappa shape index (κ1) is 9.58. The van der Waals surface area contributed by atoms with Crippen LogP contribution in [-0.4, -0.2) is 25.1 Å². The summed E-state index contributed by atoms with van der Waals surface area (Å²) in [5.41, 5.74) is 1.10. The average Bonchev–Trinajstić information content (AvgIpc) is 2.15. The van der Waals surface area contributed by atoms with Crippen molar-refractivity contribution in [1.82, 2.24) is 0 Å². The standard InChI is InChI=1S/C10H13NO2/c1-11(12)8-7-9-3-5-10(13-2)6-4-9/h3-6,8H,7H2,1-2H3. The maximum Gasteiger partial charge on any atom is 0.155 e. The van der Waals surface area contributed by atoms with Gasteiger partial charge in [-0.2, -0.15) is 0 Å². The normalized spacial score (nSPS) is 11.4. The van der Waals surface area contributed by atoms with Crippen LogP contribution in [0.4, 0.5) is 0 Å². The molecule has 0 heterocycles. The summed E-state index contributed by atoms with van der Waals surface area (Å²) in [6, 6.07) is 7.65. The molecule has 0 spiro atoms. The van der Waals surface area contributed by atoms with Gasteiger partial charge >= 0.3 is 0 Å². The van der Waals surface area contributed by atoms with Gasteiger partial charge in [0.2, 0.25) is 0 Å². The first-order valence-corrected chi connectivity index (χ1v) is 4.08. The predicted octanol–water partition coefficient (Wildman–Crippen LogP) is 1.45. The minimum atomic E-state index is 0.657. The Hall–Kier alpha value is -1.51. The molecule has 1 aromatic carbocycles. The number of hydrogen-bond donors (Lipinski definition) is 0. The van der Waals surface area contributed by atoms with Crippen molar-refractivity contribution in [3.8, 4) is 5.75 Å². The molecule has 0 saturated carbocycles. The molecule has 0 saturated heterocycles. The second kappa shape index (κ2) is 4.50. The SMILES string of the molecule is COc1ccc(CC=[N+](C)[O-])cc1. The highest BCUT2D eigenvalue weighted by Crippen LogP contribution is 2.10. The molecular formula is C10H13NO2. The van der Waals surface area contributed by atoms with E-state index in [-0.39, 0.29) is 0 Å². The molecule has 1 rings (SSSR count). The Morgan fingerprint density at radius 3 is 2.46 bits per heavy atom. The molecular weight excluding hydrogens is 166 g/mol. The third-order valence-corrected chi connectivity index (χ3v) is 1.74. The summed E-state index contributed by atoms with van der Waals surface area (Å²) in [7, 11) is 3.11. The van der Waals surface area contributed by atoms with Crippen molar-refractivity contribution in [2.45, 2.75) is 6.42 Å². The van der Waals surface area contributed by atoms with Gasteiger partial charge in [-0.25, -0.2) is 4.74 Å². The first-order valence-electron chi connectivity index (χ1n) is 4.08. The average molecular weight is 179 g/mol. The van der Waals surface area contributed by atoms with Crippen molar-refractivity contribution in [1.29, 1.82) is 0 Å². The highest BCUT2D eigenvalue weighted by molar-refractivity contribution is 5.56. The molecule has 0 aromatic heterocycles. The number of methoxy groups -OCH3 is 1. The summed E-state index contributed by atoms with van der Waals surface area (Å²) >= 11 is 0. The van der Waals surface area contributed by atoms with E-state index in [9.17, 15) is 5.21 Å². The Bertz CT molecular complexity index is 286. The second-order valence-corrected chi connectivity index (χ2v) is 2.78. The van der Waals surface area contributed by atoms with Crippen LogP contribution >= 0.6 is 0 Å². The van der Waals surface area contributed by atoms with Crippen LogP contribution in [0.15, 0.2) is 24.3 Å². The van der Waals surface area contributed by atoms with E-state index in [2.05, 4.69) is 0 Å². The third kappa shape index (κ3) is 3.15. The minimum Gasteiger partial charge on any atom is -0.624 e. The van der Waals surface area contributed by atoms with Gasteiger partial charge in [0.05, 0.1) is 13.5 Å². The quantitative estimate of drug-likeness (QED) is 0.304. The van der Waals surface area contributed by atoms with E-state index in [1.807, 2.05) is 24.3 Å². The Labute approximate surface area is 77.9 Å². The molecule has 0 N–H and O–H groups in total. The largest absolute Gasteiger partial charge is 0.624 e. The lowest BCUT2D eigenvalue weighted by molar-refractivity contribution is -0.418. The van der Waals surface area contributed by atoms with Gasteiger partial charge < -0.3 is 9.94 Å². The minimum absolute atomic E-state index is 0.657. The van der Waals surface area contributed by atoms with E-state index in [4.69, 9.17) is 4.74 Å². The maximum atomic E-state index is 10.6. The van der Waals surface area contributed by atoms with Crippen molar-refractivity contribution >= 4 is 6.21 Å². The zero-order valence-electron chi connectivity index (χ0n) is 7.86. The van der Waals surface area contributed by atoms with E-state index in [0.29, 0.717) is 6.42 Å². The Balaban J connectivity index is 2.64. The third-order valence-electron chi connectivity index (χ3n) is 1.74. The van der Waals surface area contributed by atoms with E-state index < -0.39 is 0 Å². The van der Waals surface area contributed by atoms with Gasteiger partial charge in [-0.3, -0.25) is 0 Å². The van der Waals surface area contributed by atoms with Crippen LogP contribution in [0.25, 0.3) is 0 Å². The molecule has 0 atom stereocenters. The molecule has 0 amide bonds. The lowest BCUT2D eigenvalue weighted by Crippen LogP contribution is -1.98. The monoisotopic (exact) mass is 179 g/mol. The first-order chi connectivity index (χ1) is 6.22. The zero-order chi connectivity index (χ0) is 9.68. The van der Waals surface area contributed by atoms with Gasteiger partial charge in [0.25, 0.3) is 0 Å². The van der Waals surface area contributed by atoms with Gasteiger partial charge in [0, 0.05) is 0 Å². The predicted molar refractivity (Wildman–Crippen MR) is 52.3 cm³/mol. The molecule has 1 aromatic rings. The summed E-state index contributed by atoms with van der Waals surface area (Å²) in [6.07, 6.45) is 2.24. The fourth-order valence-electron chi connectivity index (χ4n) is 0.996. The van der Waals surface area contributed by atoms with Crippen LogP contribution in [0.2, 0.25) is 0 Å². The maximum absolute atomic E-state index is 10.6. The molecule has 0 radical (unpaired) electrons. The van der Waals surface area contributed by atoms with Crippen molar-refractivity contribution in [2.24, 2.45) is 0 Å². The van der Waals surface area contributed by atoms with Gasteiger partial charge in [-0.15, -0.1) is 0 Å². The van der Waals surface area contributed by atoms with E-state index in [0.717, 1.165) is 16.1 Å².